The van der Waals surface area contributed by atoms with Crippen molar-refractivity contribution >= 4 is 17.7 Å². The first-order valence-electron chi connectivity index (χ1n) is 11.9. The third kappa shape index (κ3) is 2.87. The fourth-order valence-corrected chi connectivity index (χ4v) is 6.75. The first-order valence-corrected chi connectivity index (χ1v) is 11.9. The number of aliphatic carboxylic acids is 1. The Morgan fingerprint density at radius 3 is 2.09 bits per heavy atom. The minimum atomic E-state index is -4.56. The zero-order chi connectivity index (χ0) is 23.2. The number of carboxylic acid groups (broad SMARTS) is 1. The number of alkyl halides is 3. The monoisotopic (exact) mass is 466 g/mol. The van der Waals surface area contributed by atoms with Crippen molar-refractivity contribution in [2.45, 2.75) is 55.9 Å². The molecule has 1 aromatic heterocycles. The molecule has 33 heavy (non-hydrogen) atoms. The summed E-state index contributed by atoms with van der Waals surface area (Å²) in [6, 6.07) is 1.19. The van der Waals surface area contributed by atoms with Crippen molar-refractivity contribution < 1.29 is 23.1 Å². The summed E-state index contributed by atoms with van der Waals surface area (Å²) in [4.78, 5) is 28.7. The number of fused-ring (bicyclic) bond motifs is 1. The fourth-order valence-electron chi connectivity index (χ4n) is 6.75. The quantitative estimate of drug-likeness (QED) is 0.682. The van der Waals surface area contributed by atoms with Crippen molar-refractivity contribution in [2.24, 2.45) is 5.92 Å². The summed E-state index contributed by atoms with van der Waals surface area (Å²) >= 11 is 0. The maximum atomic E-state index is 13.7. The van der Waals surface area contributed by atoms with E-state index in [1.165, 1.54) is 0 Å². The second-order valence-corrected chi connectivity index (χ2v) is 10.3. The van der Waals surface area contributed by atoms with E-state index in [-0.39, 0.29) is 35.4 Å². The maximum Gasteiger partial charge on any atom is 0.433 e. The van der Waals surface area contributed by atoms with E-state index in [0.717, 1.165) is 51.5 Å². The van der Waals surface area contributed by atoms with Gasteiger partial charge in [0.15, 0.2) is 5.69 Å². The van der Waals surface area contributed by atoms with E-state index in [2.05, 4.69) is 19.8 Å². The number of hydrogen-bond donors (Lipinski definition) is 1. The molecule has 2 unspecified atom stereocenters. The number of carbonyl (C=O) groups is 1. The lowest BCUT2D eigenvalue weighted by molar-refractivity contribution is -0.141. The predicted molar refractivity (Wildman–Crippen MR) is 114 cm³/mol. The van der Waals surface area contributed by atoms with Gasteiger partial charge in [0.1, 0.15) is 5.82 Å². The molecule has 5 aliphatic rings. The lowest BCUT2D eigenvalue weighted by Crippen LogP contribution is -2.58. The molecular formula is C22H29F3N6O2. The fraction of sp³-hybridized carbons (Fsp3) is 0.773. The van der Waals surface area contributed by atoms with E-state index in [1.54, 1.807) is 0 Å². The molecule has 0 bridgehead atoms. The van der Waals surface area contributed by atoms with Gasteiger partial charge in [0.25, 0.3) is 0 Å². The van der Waals surface area contributed by atoms with Gasteiger partial charge in [-0.15, -0.1) is 0 Å². The molecule has 4 saturated heterocycles. The van der Waals surface area contributed by atoms with Gasteiger partial charge in [-0.05, 0) is 26.2 Å². The largest absolute Gasteiger partial charge is 0.481 e. The van der Waals surface area contributed by atoms with Crippen LogP contribution in [0.3, 0.4) is 0 Å². The molecule has 1 aromatic rings. The van der Waals surface area contributed by atoms with Gasteiger partial charge in [-0.2, -0.15) is 18.2 Å². The highest BCUT2D eigenvalue weighted by atomic mass is 19.4. The van der Waals surface area contributed by atoms with Gasteiger partial charge in [-0.25, -0.2) is 4.98 Å². The number of hydrogen-bond acceptors (Lipinski definition) is 7. The van der Waals surface area contributed by atoms with Crippen LogP contribution in [0.15, 0.2) is 6.07 Å². The summed E-state index contributed by atoms with van der Waals surface area (Å²) in [5.41, 5.74) is -1.59. The van der Waals surface area contributed by atoms with Crippen LogP contribution in [0.5, 0.6) is 0 Å². The van der Waals surface area contributed by atoms with E-state index in [0.29, 0.717) is 25.5 Å². The Balaban J connectivity index is 1.38. The normalized spacial score (nSPS) is 36.1. The van der Waals surface area contributed by atoms with Crippen LogP contribution < -0.4 is 9.80 Å². The number of anilines is 2. The number of carboxylic acids is 1. The topological polar surface area (TPSA) is 76.0 Å². The van der Waals surface area contributed by atoms with Crippen molar-refractivity contribution in [2.75, 3.05) is 55.6 Å². The second-order valence-electron chi connectivity index (χ2n) is 10.3. The molecule has 6 rings (SSSR count). The first kappa shape index (κ1) is 21.4. The minimum absolute atomic E-state index is 0.0156. The van der Waals surface area contributed by atoms with E-state index < -0.39 is 17.8 Å². The molecule has 180 valence electrons. The van der Waals surface area contributed by atoms with E-state index >= 15 is 0 Å². The third-order valence-electron chi connectivity index (χ3n) is 8.79. The van der Waals surface area contributed by atoms with Crippen LogP contribution in [0.25, 0.3) is 0 Å². The molecule has 3 atom stereocenters. The van der Waals surface area contributed by atoms with Crippen molar-refractivity contribution in [1.82, 2.24) is 19.8 Å². The minimum Gasteiger partial charge on any atom is -0.481 e. The zero-order valence-corrected chi connectivity index (χ0v) is 18.7. The number of nitrogens with zero attached hydrogens (tertiary/aromatic N) is 6. The van der Waals surface area contributed by atoms with Crippen molar-refractivity contribution in [1.29, 1.82) is 0 Å². The van der Waals surface area contributed by atoms with Gasteiger partial charge in [0.2, 0.25) is 5.95 Å². The number of aromatic nitrogens is 2. The van der Waals surface area contributed by atoms with Crippen LogP contribution in [0.2, 0.25) is 0 Å². The number of piperidine rings is 1. The maximum absolute atomic E-state index is 13.7. The molecule has 1 aliphatic carbocycles. The number of likely N-dealkylation sites (tertiary alicyclic amines) is 2. The Kier molecular flexibility index (Phi) is 4.50. The summed E-state index contributed by atoms with van der Waals surface area (Å²) in [6.45, 7) is 7.27. The van der Waals surface area contributed by atoms with E-state index in [1.807, 2.05) is 16.7 Å². The molecule has 8 nitrogen and oxygen atoms in total. The average Bonchev–Trinajstić information content (AvgIpc) is 2.97. The Bertz CT molecular complexity index is 953. The highest BCUT2D eigenvalue weighted by Crippen LogP contribution is 2.69. The van der Waals surface area contributed by atoms with E-state index in [9.17, 15) is 23.1 Å². The molecule has 5 heterocycles. The van der Waals surface area contributed by atoms with Crippen LogP contribution in [0.4, 0.5) is 24.9 Å². The van der Waals surface area contributed by atoms with Gasteiger partial charge in [0.05, 0.1) is 17.5 Å². The molecule has 0 amide bonds. The highest BCUT2D eigenvalue weighted by molar-refractivity contribution is 5.71. The van der Waals surface area contributed by atoms with Crippen LogP contribution in [0, 0.1) is 5.92 Å². The number of rotatable bonds is 6. The average molecular weight is 467 g/mol. The van der Waals surface area contributed by atoms with Gasteiger partial charge in [0, 0.05) is 63.8 Å². The smallest absolute Gasteiger partial charge is 0.433 e. The Labute approximate surface area is 190 Å². The standard InChI is InChI=1S/C22H29F3N6O2/c1-14-4-9-31(14)19-26-16(22(23,24)25)11-17(27-19)28-12-20(29-5-2-6-29)15(10-18(32)33)21(20,13-28)30-7-3-8-30/h11,14-15H,2-10,12-13H2,1H3,(H,32,33)/t14-,15?,20?,21?/m0/s1. The summed E-state index contributed by atoms with van der Waals surface area (Å²) in [5.74, 6) is -0.390. The van der Waals surface area contributed by atoms with Crippen LogP contribution in [0.1, 0.15) is 38.3 Å². The Morgan fingerprint density at radius 2 is 1.70 bits per heavy atom. The summed E-state index contributed by atoms with van der Waals surface area (Å²) in [6.07, 6.45) is -1.42. The second kappa shape index (κ2) is 6.94. The molecular weight excluding hydrogens is 437 g/mol. The van der Waals surface area contributed by atoms with Crippen LogP contribution >= 0.6 is 0 Å². The molecule has 5 fully saturated rings. The van der Waals surface area contributed by atoms with Gasteiger partial charge in [-0.1, -0.05) is 0 Å². The Morgan fingerprint density at radius 1 is 1.09 bits per heavy atom. The molecule has 11 heteroatoms. The molecule has 1 saturated carbocycles. The summed E-state index contributed by atoms with van der Waals surface area (Å²) in [7, 11) is 0. The zero-order valence-electron chi connectivity index (χ0n) is 18.7. The molecule has 0 spiro atoms. The first-order chi connectivity index (χ1) is 15.7. The van der Waals surface area contributed by atoms with Crippen molar-refractivity contribution in [3.8, 4) is 0 Å². The SMILES string of the molecule is C[C@H]1CCN1c1nc(N2CC3(N4CCC4)C(CC(=O)O)C3(N3CCC3)C2)cc(C(F)(F)F)n1. The lowest BCUT2D eigenvalue weighted by Gasteiger charge is -2.44. The predicted octanol–water partition coefficient (Wildman–Crippen LogP) is 1.91. The molecule has 0 radical (unpaired) electrons. The molecule has 1 N–H and O–H groups in total. The Hall–Kier alpha value is -2.14. The highest BCUT2D eigenvalue weighted by Gasteiger charge is 2.85. The van der Waals surface area contributed by atoms with Gasteiger partial charge < -0.3 is 14.9 Å². The van der Waals surface area contributed by atoms with Crippen molar-refractivity contribution in [3.05, 3.63) is 11.8 Å². The van der Waals surface area contributed by atoms with Gasteiger partial charge in [-0.3, -0.25) is 14.6 Å². The summed E-state index contributed by atoms with van der Waals surface area (Å²) < 4.78 is 41.2. The van der Waals surface area contributed by atoms with Crippen LogP contribution in [-0.2, 0) is 11.0 Å². The number of halogens is 3. The molecule has 4 aliphatic heterocycles. The van der Waals surface area contributed by atoms with E-state index in [4.69, 9.17) is 0 Å². The van der Waals surface area contributed by atoms with Gasteiger partial charge >= 0.3 is 12.1 Å². The van der Waals surface area contributed by atoms with Crippen molar-refractivity contribution in [3.63, 3.8) is 0 Å². The third-order valence-corrected chi connectivity index (χ3v) is 8.79. The summed E-state index contributed by atoms with van der Waals surface area (Å²) in [5, 5.41) is 9.62. The van der Waals surface area contributed by atoms with Crippen LogP contribution in [-0.4, -0.2) is 93.8 Å². The lowest BCUT2D eigenvalue weighted by atomic mass is 10.0. The molecule has 0 aromatic carbocycles.